The molecule has 1 amide bonds. The second-order valence-electron chi connectivity index (χ2n) is 9.45. The summed E-state index contributed by atoms with van der Waals surface area (Å²) in [6.07, 6.45) is 3.13. The minimum atomic E-state index is -0.407. The van der Waals surface area contributed by atoms with E-state index >= 15 is 0 Å². The predicted molar refractivity (Wildman–Crippen MR) is 148 cm³/mol. The molecule has 0 spiro atoms. The van der Waals surface area contributed by atoms with Gasteiger partial charge in [-0.3, -0.25) is 14.2 Å². The first kappa shape index (κ1) is 25.5. The van der Waals surface area contributed by atoms with Crippen LogP contribution in [0.5, 0.6) is 0 Å². The molecule has 0 radical (unpaired) electrons. The maximum absolute atomic E-state index is 14.5. The molecule has 1 aromatic heterocycles. The number of amides is 1. The van der Waals surface area contributed by atoms with Gasteiger partial charge in [-0.2, -0.15) is 0 Å². The number of piperidine rings is 1. The summed E-state index contributed by atoms with van der Waals surface area (Å²) < 4.78 is 16.1. The fourth-order valence-electron chi connectivity index (χ4n) is 4.79. The van der Waals surface area contributed by atoms with E-state index in [0.717, 1.165) is 43.5 Å². The van der Waals surface area contributed by atoms with Gasteiger partial charge in [0.05, 0.1) is 16.6 Å². The molecule has 0 N–H and O–H groups in total. The molecular formula is C29H27ClFN3O2S. The predicted octanol–water partition coefficient (Wildman–Crippen LogP) is 6.71. The number of benzene rings is 3. The Bertz CT molecular complexity index is 1520. The SMILES string of the molecule is Cc1cc(C)cc(-n2c(SCc3c(F)cccc3Cl)nc3cc(C(=O)N4CCCCC4)ccc3c2=O)c1. The molecule has 1 aliphatic heterocycles. The van der Waals surface area contributed by atoms with Crippen molar-refractivity contribution in [1.29, 1.82) is 0 Å². The number of hydrogen-bond acceptors (Lipinski definition) is 4. The highest BCUT2D eigenvalue weighted by Crippen LogP contribution is 2.30. The van der Waals surface area contributed by atoms with Gasteiger partial charge >= 0.3 is 0 Å². The molecule has 0 saturated carbocycles. The van der Waals surface area contributed by atoms with Crippen LogP contribution < -0.4 is 5.56 Å². The third kappa shape index (κ3) is 5.29. The summed E-state index contributed by atoms with van der Waals surface area (Å²) in [6, 6.07) is 15.5. The van der Waals surface area contributed by atoms with Crippen LogP contribution in [0, 0.1) is 19.7 Å². The van der Waals surface area contributed by atoms with E-state index in [2.05, 4.69) is 0 Å². The zero-order chi connectivity index (χ0) is 26.1. The number of carbonyl (C=O) groups is 1. The van der Waals surface area contributed by atoms with Crippen LogP contribution in [0.25, 0.3) is 16.6 Å². The average Bonchev–Trinajstić information content (AvgIpc) is 2.87. The van der Waals surface area contributed by atoms with E-state index in [-0.39, 0.29) is 17.2 Å². The number of rotatable bonds is 5. The Morgan fingerprint density at radius 3 is 2.46 bits per heavy atom. The van der Waals surface area contributed by atoms with Crippen LogP contribution in [0.1, 0.15) is 46.3 Å². The van der Waals surface area contributed by atoms with Crippen LogP contribution in [-0.4, -0.2) is 33.4 Å². The minimum absolute atomic E-state index is 0.0470. The van der Waals surface area contributed by atoms with Crippen LogP contribution >= 0.6 is 23.4 Å². The van der Waals surface area contributed by atoms with E-state index in [1.54, 1.807) is 34.9 Å². The number of likely N-dealkylation sites (tertiary alicyclic amines) is 1. The van der Waals surface area contributed by atoms with Crippen molar-refractivity contribution in [2.45, 2.75) is 44.0 Å². The lowest BCUT2D eigenvalue weighted by molar-refractivity contribution is 0.0724. The first-order chi connectivity index (χ1) is 17.8. The molecule has 2 heterocycles. The van der Waals surface area contributed by atoms with E-state index in [1.165, 1.54) is 17.8 Å². The van der Waals surface area contributed by atoms with Gasteiger partial charge in [-0.25, -0.2) is 9.37 Å². The molecule has 37 heavy (non-hydrogen) atoms. The van der Waals surface area contributed by atoms with Crippen molar-refractivity contribution in [2.24, 2.45) is 0 Å². The van der Waals surface area contributed by atoms with Crippen molar-refractivity contribution in [3.8, 4) is 5.69 Å². The van der Waals surface area contributed by atoms with Crippen molar-refractivity contribution in [1.82, 2.24) is 14.5 Å². The Balaban J connectivity index is 1.63. The highest BCUT2D eigenvalue weighted by molar-refractivity contribution is 7.98. The van der Waals surface area contributed by atoms with Crippen LogP contribution in [-0.2, 0) is 5.75 Å². The first-order valence-electron chi connectivity index (χ1n) is 12.3. The smallest absolute Gasteiger partial charge is 0.266 e. The Labute approximate surface area is 224 Å². The second kappa shape index (κ2) is 10.7. The Hall–Kier alpha value is -3.16. The standard InChI is InChI=1S/C29H27ClFN3O2S/c1-18-13-19(2)15-21(14-18)34-28(36)22-10-9-20(27(35)33-11-4-3-5-12-33)16-26(22)32-29(34)37-17-23-24(30)7-6-8-25(23)31/h6-10,13-16H,3-5,11-12,17H2,1-2H3. The average molecular weight is 536 g/mol. The number of nitrogens with zero attached hydrogens (tertiary/aromatic N) is 3. The van der Waals surface area contributed by atoms with Crippen LogP contribution in [0.4, 0.5) is 4.39 Å². The zero-order valence-electron chi connectivity index (χ0n) is 20.8. The van der Waals surface area contributed by atoms with Crippen LogP contribution in [0.15, 0.2) is 64.5 Å². The molecule has 1 fully saturated rings. The number of aromatic nitrogens is 2. The summed E-state index contributed by atoms with van der Waals surface area (Å²) in [4.78, 5) is 33.6. The number of hydrogen-bond donors (Lipinski definition) is 0. The van der Waals surface area contributed by atoms with Crippen molar-refractivity contribution in [3.05, 3.63) is 98.0 Å². The van der Waals surface area contributed by atoms with Gasteiger partial charge in [-0.1, -0.05) is 35.5 Å². The quantitative estimate of drug-likeness (QED) is 0.210. The molecule has 3 aromatic carbocycles. The van der Waals surface area contributed by atoms with Gasteiger partial charge in [0.15, 0.2) is 5.16 Å². The topological polar surface area (TPSA) is 55.2 Å². The van der Waals surface area contributed by atoms with Gasteiger partial charge in [0.1, 0.15) is 5.82 Å². The molecule has 190 valence electrons. The van der Waals surface area contributed by atoms with Crippen molar-refractivity contribution < 1.29 is 9.18 Å². The molecule has 0 aliphatic carbocycles. The summed E-state index contributed by atoms with van der Waals surface area (Å²) in [5.41, 5.74) is 3.77. The van der Waals surface area contributed by atoms with Crippen molar-refractivity contribution in [3.63, 3.8) is 0 Å². The molecule has 0 atom stereocenters. The Morgan fingerprint density at radius 1 is 1.03 bits per heavy atom. The fourth-order valence-corrected chi connectivity index (χ4v) is 6.15. The number of halogens is 2. The lowest BCUT2D eigenvalue weighted by atomic mass is 10.1. The van der Waals surface area contributed by atoms with E-state index in [4.69, 9.17) is 16.6 Å². The van der Waals surface area contributed by atoms with Gasteiger partial charge in [-0.15, -0.1) is 0 Å². The van der Waals surface area contributed by atoms with Crippen LogP contribution in [0.3, 0.4) is 0 Å². The summed E-state index contributed by atoms with van der Waals surface area (Å²) in [7, 11) is 0. The van der Waals surface area contributed by atoms with Gasteiger partial charge in [0.25, 0.3) is 11.5 Å². The molecule has 8 heteroatoms. The monoisotopic (exact) mass is 535 g/mol. The number of aryl methyl sites for hydroxylation is 2. The fraction of sp³-hybridized carbons (Fsp3) is 0.276. The summed E-state index contributed by atoms with van der Waals surface area (Å²) in [5, 5.41) is 1.15. The number of fused-ring (bicyclic) bond motifs is 1. The van der Waals surface area contributed by atoms with E-state index < -0.39 is 5.82 Å². The summed E-state index contributed by atoms with van der Waals surface area (Å²) >= 11 is 7.50. The number of carbonyl (C=O) groups excluding carboxylic acids is 1. The van der Waals surface area contributed by atoms with Gasteiger partial charge in [-0.05, 0) is 86.7 Å². The molecule has 1 aliphatic rings. The van der Waals surface area contributed by atoms with Gasteiger partial charge in [0.2, 0.25) is 0 Å². The molecule has 0 unspecified atom stereocenters. The molecule has 4 aromatic rings. The first-order valence-corrected chi connectivity index (χ1v) is 13.7. The summed E-state index contributed by atoms with van der Waals surface area (Å²) in [6.45, 7) is 5.42. The van der Waals surface area contributed by atoms with Gasteiger partial charge in [0, 0.05) is 35.0 Å². The maximum Gasteiger partial charge on any atom is 0.266 e. The minimum Gasteiger partial charge on any atom is -0.339 e. The molecule has 0 bridgehead atoms. The lowest BCUT2D eigenvalue weighted by Gasteiger charge is -2.26. The van der Waals surface area contributed by atoms with Gasteiger partial charge < -0.3 is 4.90 Å². The van der Waals surface area contributed by atoms with Crippen molar-refractivity contribution in [2.75, 3.05) is 13.1 Å². The van der Waals surface area contributed by atoms with Crippen molar-refractivity contribution >= 4 is 40.2 Å². The van der Waals surface area contributed by atoms with E-state index in [0.29, 0.717) is 37.9 Å². The Kier molecular flexibility index (Phi) is 7.36. The third-order valence-electron chi connectivity index (χ3n) is 6.60. The molecule has 1 saturated heterocycles. The number of thioether (sulfide) groups is 1. The molecule has 5 rings (SSSR count). The van der Waals surface area contributed by atoms with E-state index in [9.17, 15) is 14.0 Å². The highest BCUT2D eigenvalue weighted by atomic mass is 35.5. The lowest BCUT2D eigenvalue weighted by Crippen LogP contribution is -2.35. The van der Waals surface area contributed by atoms with Crippen LogP contribution in [0.2, 0.25) is 5.02 Å². The maximum atomic E-state index is 14.5. The zero-order valence-corrected chi connectivity index (χ0v) is 22.3. The highest BCUT2D eigenvalue weighted by Gasteiger charge is 2.21. The van der Waals surface area contributed by atoms with E-state index in [1.807, 2.05) is 36.9 Å². The normalized spacial score (nSPS) is 13.8. The molecule has 5 nitrogen and oxygen atoms in total. The molecular weight excluding hydrogens is 509 g/mol. The Morgan fingerprint density at radius 2 is 1.76 bits per heavy atom. The summed E-state index contributed by atoms with van der Waals surface area (Å²) in [5.74, 6) is -0.259. The third-order valence-corrected chi connectivity index (χ3v) is 7.92. The largest absolute Gasteiger partial charge is 0.339 e. The second-order valence-corrected chi connectivity index (χ2v) is 10.8.